The maximum atomic E-state index is 11.3. The molecule has 0 aromatic heterocycles. The van der Waals surface area contributed by atoms with Crippen LogP contribution < -0.4 is 10.6 Å². The van der Waals surface area contributed by atoms with Gasteiger partial charge < -0.3 is 20.6 Å². The molecule has 0 aromatic rings. The molecule has 0 aromatic carbocycles. The zero-order valence-electron chi connectivity index (χ0n) is 9.73. The van der Waals surface area contributed by atoms with Gasteiger partial charge >= 0.3 is 12.0 Å². The van der Waals surface area contributed by atoms with Crippen molar-refractivity contribution < 1.29 is 19.5 Å². The predicted octanol–water partition coefficient (Wildman–Crippen LogP) is -0.619. The van der Waals surface area contributed by atoms with Gasteiger partial charge in [0, 0.05) is 26.1 Å². The van der Waals surface area contributed by atoms with Gasteiger partial charge in [0.15, 0.2) is 0 Å². The molecule has 1 saturated carbocycles. The van der Waals surface area contributed by atoms with E-state index in [-0.39, 0.29) is 25.4 Å². The number of aliphatic carboxylic acids is 1. The predicted molar refractivity (Wildman–Crippen MR) is 59.4 cm³/mol. The van der Waals surface area contributed by atoms with Crippen molar-refractivity contribution in [3.63, 3.8) is 0 Å². The van der Waals surface area contributed by atoms with E-state index >= 15 is 0 Å². The molecule has 1 aliphatic rings. The second kappa shape index (κ2) is 6.07. The van der Waals surface area contributed by atoms with E-state index in [1.165, 1.54) is 7.05 Å². The minimum atomic E-state index is -1.07. The number of hydrogen-bond acceptors (Lipinski definition) is 3. The van der Waals surface area contributed by atoms with Crippen molar-refractivity contribution in [2.24, 2.45) is 0 Å². The van der Waals surface area contributed by atoms with Gasteiger partial charge in [0.2, 0.25) is 5.91 Å². The number of carbonyl (C=O) groups excluding carboxylic acids is 2. The summed E-state index contributed by atoms with van der Waals surface area (Å²) in [6, 6.07) is -0.181. The lowest BCUT2D eigenvalue weighted by atomic mass is 10.4. The van der Waals surface area contributed by atoms with Gasteiger partial charge in [-0.1, -0.05) is 0 Å². The van der Waals surface area contributed by atoms with E-state index in [9.17, 15) is 14.4 Å². The highest BCUT2D eigenvalue weighted by molar-refractivity contribution is 5.81. The van der Waals surface area contributed by atoms with Gasteiger partial charge in [0.1, 0.15) is 6.54 Å². The summed E-state index contributed by atoms with van der Waals surface area (Å²) in [4.78, 5) is 33.9. The van der Waals surface area contributed by atoms with Crippen molar-refractivity contribution in [2.45, 2.75) is 25.3 Å². The van der Waals surface area contributed by atoms with Crippen LogP contribution in [-0.2, 0) is 9.59 Å². The van der Waals surface area contributed by atoms with Crippen molar-refractivity contribution in [2.75, 3.05) is 20.1 Å². The Morgan fingerprint density at radius 1 is 1.35 bits per heavy atom. The first kappa shape index (κ1) is 13.3. The Labute approximate surface area is 99.2 Å². The van der Waals surface area contributed by atoms with E-state index in [4.69, 9.17) is 5.11 Å². The standard InChI is InChI=1S/C10H17N3O4/c1-13(6-9(15)16)10(17)11-5-4-8(14)12-7-2-3-7/h7H,2-6H2,1H3,(H,11,17)(H,12,14)(H,15,16). The first-order chi connectivity index (χ1) is 7.99. The number of nitrogens with one attached hydrogen (secondary N) is 2. The van der Waals surface area contributed by atoms with E-state index in [2.05, 4.69) is 10.6 Å². The number of hydrogen-bond donors (Lipinski definition) is 3. The SMILES string of the molecule is CN(CC(=O)O)C(=O)NCCC(=O)NC1CC1. The fourth-order valence-corrected chi connectivity index (χ4v) is 1.22. The molecule has 1 aliphatic carbocycles. The zero-order chi connectivity index (χ0) is 12.8. The lowest BCUT2D eigenvalue weighted by molar-refractivity contribution is -0.137. The van der Waals surface area contributed by atoms with Crippen LogP contribution in [-0.4, -0.2) is 54.1 Å². The normalized spacial score (nSPS) is 13.9. The number of rotatable bonds is 6. The Morgan fingerprint density at radius 2 is 2.00 bits per heavy atom. The van der Waals surface area contributed by atoms with Gasteiger partial charge in [0.05, 0.1) is 0 Å². The molecule has 96 valence electrons. The van der Waals surface area contributed by atoms with Gasteiger partial charge in [-0.3, -0.25) is 9.59 Å². The molecule has 0 spiro atoms. The van der Waals surface area contributed by atoms with E-state index < -0.39 is 12.0 Å². The highest BCUT2D eigenvalue weighted by Crippen LogP contribution is 2.18. The first-order valence-corrected chi connectivity index (χ1v) is 5.49. The Bertz CT molecular complexity index is 315. The van der Waals surface area contributed by atoms with Crippen LogP contribution in [0.4, 0.5) is 4.79 Å². The van der Waals surface area contributed by atoms with Crippen molar-refractivity contribution in [3.05, 3.63) is 0 Å². The molecule has 1 rings (SSSR count). The molecule has 3 amide bonds. The summed E-state index contributed by atoms with van der Waals surface area (Å²) in [7, 11) is 1.38. The number of amides is 3. The molecule has 0 unspecified atom stereocenters. The molecular weight excluding hydrogens is 226 g/mol. The molecule has 0 aliphatic heterocycles. The third kappa shape index (κ3) is 5.74. The largest absolute Gasteiger partial charge is 0.480 e. The van der Waals surface area contributed by atoms with Crippen LogP contribution in [0.15, 0.2) is 0 Å². The molecule has 0 heterocycles. The van der Waals surface area contributed by atoms with Gasteiger partial charge in [0.25, 0.3) is 0 Å². The number of carboxylic acids is 1. The fourth-order valence-electron chi connectivity index (χ4n) is 1.22. The molecule has 17 heavy (non-hydrogen) atoms. The molecule has 0 radical (unpaired) electrons. The van der Waals surface area contributed by atoms with Gasteiger partial charge in [-0.15, -0.1) is 0 Å². The molecule has 0 saturated heterocycles. The molecule has 7 heteroatoms. The second-order valence-electron chi connectivity index (χ2n) is 4.07. The Kier molecular flexibility index (Phi) is 4.74. The van der Waals surface area contributed by atoms with E-state index in [0.29, 0.717) is 6.04 Å². The van der Waals surface area contributed by atoms with Crippen molar-refractivity contribution in [1.82, 2.24) is 15.5 Å². The first-order valence-electron chi connectivity index (χ1n) is 5.49. The Balaban J connectivity index is 2.09. The van der Waals surface area contributed by atoms with Crippen LogP contribution in [0.25, 0.3) is 0 Å². The minimum absolute atomic E-state index is 0.0892. The quantitative estimate of drug-likeness (QED) is 0.579. The summed E-state index contributed by atoms with van der Waals surface area (Å²) in [6.45, 7) is -0.151. The smallest absolute Gasteiger partial charge is 0.323 e. The van der Waals surface area contributed by atoms with Gasteiger partial charge in [-0.25, -0.2) is 4.79 Å². The average Bonchev–Trinajstić information content (AvgIpc) is 3.00. The Morgan fingerprint density at radius 3 is 2.53 bits per heavy atom. The van der Waals surface area contributed by atoms with Gasteiger partial charge in [-0.05, 0) is 12.8 Å². The average molecular weight is 243 g/mol. The summed E-state index contributed by atoms with van der Waals surface area (Å²) in [5, 5.41) is 13.7. The van der Waals surface area contributed by atoms with E-state index in [0.717, 1.165) is 17.7 Å². The summed E-state index contributed by atoms with van der Waals surface area (Å²) in [6.07, 6.45) is 2.27. The topological polar surface area (TPSA) is 98.7 Å². The van der Waals surface area contributed by atoms with E-state index in [1.807, 2.05) is 0 Å². The zero-order valence-corrected chi connectivity index (χ0v) is 9.73. The van der Waals surface area contributed by atoms with Crippen LogP contribution >= 0.6 is 0 Å². The summed E-state index contributed by atoms with van der Waals surface area (Å²) < 4.78 is 0. The maximum Gasteiger partial charge on any atom is 0.323 e. The van der Waals surface area contributed by atoms with Crippen LogP contribution in [0.3, 0.4) is 0 Å². The highest BCUT2D eigenvalue weighted by atomic mass is 16.4. The number of urea groups is 1. The second-order valence-corrected chi connectivity index (χ2v) is 4.07. The third-order valence-corrected chi connectivity index (χ3v) is 2.29. The van der Waals surface area contributed by atoms with Crippen LogP contribution in [0.5, 0.6) is 0 Å². The van der Waals surface area contributed by atoms with E-state index in [1.54, 1.807) is 0 Å². The van der Waals surface area contributed by atoms with Crippen LogP contribution in [0.2, 0.25) is 0 Å². The molecular formula is C10H17N3O4. The molecule has 1 fully saturated rings. The molecule has 0 bridgehead atoms. The summed E-state index contributed by atoms with van der Waals surface area (Å²) in [5.74, 6) is -1.16. The number of carboxylic acid groups (broad SMARTS) is 1. The summed E-state index contributed by atoms with van der Waals surface area (Å²) in [5.41, 5.74) is 0. The maximum absolute atomic E-state index is 11.3. The Hall–Kier alpha value is -1.79. The third-order valence-electron chi connectivity index (χ3n) is 2.29. The molecule has 0 atom stereocenters. The van der Waals surface area contributed by atoms with Crippen LogP contribution in [0, 0.1) is 0 Å². The summed E-state index contributed by atoms with van der Waals surface area (Å²) >= 11 is 0. The molecule has 7 nitrogen and oxygen atoms in total. The van der Waals surface area contributed by atoms with Crippen molar-refractivity contribution in [1.29, 1.82) is 0 Å². The van der Waals surface area contributed by atoms with Crippen molar-refractivity contribution in [3.8, 4) is 0 Å². The molecule has 3 N–H and O–H groups in total. The van der Waals surface area contributed by atoms with Crippen LogP contribution in [0.1, 0.15) is 19.3 Å². The lowest BCUT2D eigenvalue weighted by Crippen LogP contribution is -2.41. The highest BCUT2D eigenvalue weighted by Gasteiger charge is 2.22. The minimum Gasteiger partial charge on any atom is -0.480 e. The fraction of sp³-hybridized carbons (Fsp3) is 0.700. The number of nitrogens with zero attached hydrogens (tertiary/aromatic N) is 1. The number of carbonyl (C=O) groups is 3. The monoisotopic (exact) mass is 243 g/mol. The number of likely N-dealkylation sites (N-methyl/N-ethyl adjacent to an activating group) is 1. The van der Waals surface area contributed by atoms with Crippen molar-refractivity contribution >= 4 is 17.9 Å². The lowest BCUT2D eigenvalue weighted by Gasteiger charge is -2.15. The van der Waals surface area contributed by atoms with Gasteiger partial charge in [-0.2, -0.15) is 0 Å².